The van der Waals surface area contributed by atoms with Crippen LogP contribution in [-0.2, 0) is 11.3 Å². The van der Waals surface area contributed by atoms with Crippen molar-refractivity contribution in [2.24, 2.45) is 5.92 Å². The molecule has 0 unspecified atom stereocenters. The summed E-state index contributed by atoms with van der Waals surface area (Å²) in [7, 11) is 3.21. The summed E-state index contributed by atoms with van der Waals surface area (Å²) in [6.45, 7) is 3.95. The van der Waals surface area contributed by atoms with Gasteiger partial charge in [-0.15, -0.1) is 0 Å². The van der Waals surface area contributed by atoms with Crippen LogP contribution in [-0.4, -0.2) is 43.2 Å². The van der Waals surface area contributed by atoms with E-state index in [-0.39, 0.29) is 11.8 Å². The highest BCUT2D eigenvalue weighted by Gasteiger charge is 2.26. The number of ether oxygens (including phenoxy) is 2. The van der Waals surface area contributed by atoms with Crippen molar-refractivity contribution in [3.8, 4) is 11.5 Å². The Kier molecular flexibility index (Phi) is 6.21. The van der Waals surface area contributed by atoms with Gasteiger partial charge in [-0.2, -0.15) is 0 Å². The number of carbonyl (C=O) groups excluding carboxylic acids is 1. The van der Waals surface area contributed by atoms with Gasteiger partial charge < -0.3 is 19.7 Å². The predicted octanol–water partition coefficient (Wildman–Crippen LogP) is 3.49. The largest absolute Gasteiger partial charge is 0.493 e. The van der Waals surface area contributed by atoms with E-state index >= 15 is 0 Å². The maximum atomic E-state index is 12.8. The minimum Gasteiger partial charge on any atom is -0.493 e. The molecule has 7 nitrogen and oxygen atoms in total. The normalized spacial score (nSPS) is 14.5. The third kappa shape index (κ3) is 4.40. The van der Waals surface area contributed by atoms with Crippen LogP contribution < -0.4 is 19.7 Å². The van der Waals surface area contributed by atoms with E-state index in [1.165, 1.54) is 0 Å². The third-order valence-corrected chi connectivity index (χ3v) is 5.87. The molecule has 1 N–H and O–H groups in total. The van der Waals surface area contributed by atoms with E-state index in [1.54, 1.807) is 14.2 Å². The van der Waals surface area contributed by atoms with Crippen molar-refractivity contribution in [3.05, 3.63) is 53.7 Å². The predicted molar refractivity (Wildman–Crippen MR) is 121 cm³/mol. The molecule has 0 bridgehead atoms. The summed E-state index contributed by atoms with van der Waals surface area (Å²) in [5.74, 6) is 2.11. The Morgan fingerprint density at radius 2 is 1.84 bits per heavy atom. The summed E-state index contributed by atoms with van der Waals surface area (Å²) in [5.41, 5.74) is 2.83. The van der Waals surface area contributed by atoms with Gasteiger partial charge in [-0.1, -0.05) is 30.3 Å². The third-order valence-electron chi connectivity index (χ3n) is 5.87. The van der Waals surface area contributed by atoms with Gasteiger partial charge in [-0.05, 0) is 31.9 Å². The lowest BCUT2D eigenvalue weighted by molar-refractivity contribution is -0.125. The fourth-order valence-corrected chi connectivity index (χ4v) is 4.12. The lowest BCUT2D eigenvalue weighted by Gasteiger charge is -2.31. The monoisotopic (exact) mass is 420 g/mol. The van der Waals surface area contributed by atoms with Gasteiger partial charge >= 0.3 is 0 Å². The number of fused-ring (bicyclic) bond motifs is 1. The molecule has 1 aromatic heterocycles. The van der Waals surface area contributed by atoms with Crippen LogP contribution in [0.5, 0.6) is 11.5 Å². The molecule has 1 saturated heterocycles. The fraction of sp³-hybridized carbons (Fsp3) is 0.375. The summed E-state index contributed by atoms with van der Waals surface area (Å²) in [4.78, 5) is 24.4. The lowest BCUT2D eigenvalue weighted by atomic mass is 9.96. The number of hydrogen-bond acceptors (Lipinski definition) is 6. The summed E-state index contributed by atoms with van der Waals surface area (Å²) in [6, 6.07) is 13.7. The van der Waals surface area contributed by atoms with Crippen molar-refractivity contribution in [3.63, 3.8) is 0 Å². The Morgan fingerprint density at radius 3 is 2.58 bits per heavy atom. The number of carbonyl (C=O) groups is 1. The van der Waals surface area contributed by atoms with Crippen LogP contribution >= 0.6 is 0 Å². The zero-order valence-corrected chi connectivity index (χ0v) is 18.2. The van der Waals surface area contributed by atoms with Crippen LogP contribution in [0.15, 0.2) is 42.5 Å². The highest BCUT2D eigenvalue weighted by Crippen LogP contribution is 2.31. The highest BCUT2D eigenvalue weighted by atomic mass is 16.5. The van der Waals surface area contributed by atoms with Crippen LogP contribution in [0.4, 0.5) is 5.95 Å². The van der Waals surface area contributed by atoms with Crippen LogP contribution in [0.2, 0.25) is 0 Å². The molecular formula is C24H28N4O3. The summed E-state index contributed by atoms with van der Waals surface area (Å²) in [5, 5.41) is 4.14. The number of methoxy groups -OCH3 is 2. The molecule has 0 radical (unpaired) electrons. The molecule has 4 rings (SSSR count). The van der Waals surface area contributed by atoms with Crippen molar-refractivity contribution in [1.29, 1.82) is 0 Å². The van der Waals surface area contributed by atoms with Crippen LogP contribution in [0.3, 0.4) is 0 Å². The first-order chi connectivity index (χ1) is 15.1. The van der Waals surface area contributed by atoms with Gasteiger partial charge in [0.15, 0.2) is 11.5 Å². The number of rotatable bonds is 6. The summed E-state index contributed by atoms with van der Waals surface area (Å²) >= 11 is 0. The molecule has 3 aromatic rings. The average Bonchev–Trinajstić information content (AvgIpc) is 2.82. The van der Waals surface area contributed by atoms with E-state index in [0.29, 0.717) is 18.0 Å². The number of nitrogens with one attached hydrogen (secondary N) is 1. The number of anilines is 1. The van der Waals surface area contributed by atoms with Crippen LogP contribution in [0, 0.1) is 12.8 Å². The van der Waals surface area contributed by atoms with E-state index < -0.39 is 0 Å². The van der Waals surface area contributed by atoms with Crippen molar-refractivity contribution in [2.45, 2.75) is 26.3 Å². The standard InChI is InChI=1S/C24H28N4O3/c1-16-19-8-4-5-9-20(19)27-24(26-16)28-13-11-17(12-14-28)23(29)25-15-18-7-6-10-21(30-2)22(18)31-3/h4-10,17H,11-15H2,1-3H3,(H,25,29). The number of hydrogen-bond donors (Lipinski definition) is 1. The van der Waals surface area contributed by atoms with Gasteiger partial charge in [-0.3, -0.25) is 4.79 Å². The molecule has 0 saturated carbocycles. The number of para-hydroxylation sites is 2. The number of aromatic nitrogens is 2. The molecule has 162 valence electrons. The Morgan fingerprint density at radius 1 is 1.06 bits per heavy atom. The summed E-state index contributed by atoms with van der Waals surface area (Å²) < 4.78 is 10.8. The van der Waals surface area contributed by atoms with E-state index in [4.69, 9.17) is 19.4 Å². The summed E-state index contributed by atoms with van der Waals surface area (Å²) in [6.07, 6.45) is 1.55. The van der Waals surface area contributed by atoms with Gasteiger partial charge in [0, 0.05) is 36.5 Å². The second kappa shape index (κ2) is 9.20. The second-order valence-corrected chi connectivity index (χ2v) is 7.76. The SMILES string of the molecule is COc1cccc(CNC(=O)C2CCN(c3nc(C)c4ccccc4n3)CC2)c1OC. The molecule has 0 aliphatic carbocycles. The first-order valence-corrected chi connectivity index (χ1v) is 10.6. The quantitative estimate of drug-likeness (QED) is 0.658. The average molecular weight is 421 g/mol. The molecule has 1 fully saturated rings. The first-order valence-electron chi connectivity index (χ1n) is 10.6. The van der Waals surface area contributed by atoms with E-state index in [1.807, 2.05) is 49.4 Å². The Balaban J connectivity index is 1.36. The number of benzene rings is 2. The molecular weight excluding hydrogens is 392 g/mol. The fourth-order valence-electron chi connectivity index (χ4n) is 4.12. The molecule has 1 aliphatic rings. The minimum atomic E-state index is -0.0191. The maximum Gasteiger partial charge on any atom is 0.226 e. The second-order valence-electron chi connectivity index (χ2n) is 7.76. The molecule has 0 atom stereocenters. The van der Waals surface area contributed by atoms with Gasteiger partial charge in [0.05, 0.1) is 25.4 Å². The Hall–Kier alpha value is -3.35. The van der Waals surface area contributed by atoms with Crippen LogP contribution in [0.25, 0.3) is 10.9 Å². The van der Waals surface area contributed by atoms with E-state index in [2.05, 4.69) is 10.2 Å². The van der Waals surface area contributed by atoms with Gasteiger partial charge in [-0.25, -0.2) is 9.97 Å². The molecule has 1 amide bonds. The zero-order chi connectivity index (χ0) is 21.8. The first kappa shape index (κ1) is 20.9. The van der Waals surface area contributed by atoms with Gasteiger partial charge in [0.25, 0.3) is 0 Å². The van der Waals surface area contributed by atoms with E-state index in [9.17, 15) is 4.79 Å². The minimum absolute atomic E-state index is 0.0191. The maximum absolute atomic E-state index is 12.8. The molecule has 31 heavy (non-hydrogen) atoms. The van der Waals surface area contributed by atoms with Crippen molar-refractivity contribution < 1.29 is 14.3 Å². The number of piperidine rings is 1. The molecule has 2 heterocycles. The van der Waals surface area contributed by atoms with Crippen molar-refractivity contribution >= 4 is 22.8 Å². The molecule has 2 aromatic carbocycles. The Bertz CT molecular complexity index is 1080. The molecule has 7 heteroatoms. The lowest BCUT2D eigenvalue weighted by Crippen LogP contribution is -2.41. The van der Waals surface area contributed by atoms with Gasteiger partial charge in [0.2, 0.25) is 11.9 Å². The van der Waals surface area contributed by atoms with Crippen molar-refractivity contribution in [1.82, 2.24) is 15.3 Å². The van der Waals surface area contributed by atoms with Crippen molar-refractivity contribution in [2.75, 3.05) is 32.2 Å². The Labute approximate surface area is 182 Å². The smallest absolute Gasteiger partial charge is 0.226 e. The molecule has 0 spiro atoms. The highest BCUT2D eigenvalue weighted by molar-refractivity contribution is 5.82. The number of nitrogens with zero attached hydrogens (tertiary/aromatic N) is 3. The van der Waals surface area contributed by atoms with Gasteiger partial charge in [0.1, 0.15) is 0 Å². The topological polar surface area (TPSA) is 76.6 Å². The van der Waals surface area contributed by atoms with Crippen LogP contribution in [0.1, 0.15) is 24.1 Å². The number of aryl methyl sites for hydroxylation is 1. The van der Waals surface area contributed by atoms with E-state index in [0.717, 1.165) is 54.0 Å². The number of amides is 1. The zero-order valence-electron chi connectivity index (χ0n) is 18.2. The molecule has 1 aliphatic heterocycles.